The second kappa shape index (κ2) is 8.41. The molecule has 0 radical (unpaired) electrons. The number of rotatable bonds is 6. The van der Waals surface area contributed by atoms with Crippen LogP contribution in [0, 0.1) is 0 Å². The molecule has 2 aromatic rings. The molecule has 0 aliphatic carbocycles. The third-order valence-electron chi connectivity index (χ3n) is 2.85. The molecule has 0 atom stereocenters. The SMILES string of the molecule is O=S(=O)(/C=C\c1ccc(Br)cc1)NS(=O)(=O)/C=C/c1ccc(Br)cc1. The standard InChI is InChI=1S/C16H13Br2NO4S2/c17-15-5-1-13(2-6-15)9-11-24(20,21)19-25(22,23)12-10-14-3-7-16(18)8-4-14/h1-12,19H/b11-9-,12-10+. The van der Waals surface area contributed by atoms with E-state index in [1.807, 2.05) is 0 Å². The van der Waals surface area contributed by atoms with E-state index < -0.39 is 20.0 Å². The Morgan fingerprint density at radius 2 is 0.960 bits per heavy atom. The van der Waals surface area contributed by atoms with Gasteiger partial charge in [-0.05, 0) is 47.5 Å². The molecule has 5 nitrogen and oxygen atoms in total. The number of halogens is 2. The second-order valence-corrected chi connectivity index (χ2v) is 10.1. The van der Waals surface area contributed by atoms with Crippen molar-refractivity contribution in [3.8, 4) is 0 Å². The van der Waals surface area contributed by atoms with Crippen LogP contribution in [0.5, 0.6) is 0 Å². The average Bonchev–Trinajstić information content (AvgIpc) is 2.53. The predicted octanol–water partition coefficient (Wildman–Crippen LogP) is 4.10. The predicted molar refractivity (Wildman–Crippen MR) is 107 cm³/mol. The first kappa shape index (κ1) is 20.1. The van der Waals surface area contributed by atoms with Gasteiger partial charge in [-0.1, -0.05) is 56.1 Å². The maximum Gasteiger partial charge on any atom is 0.246 e. The van der Waals surface area contributed by atoms with E-state index in [4.69, 9.17) is 0 Å². The van der Waals surface area contributed by atoms with Gasteiger partial charge in [-0.25, -0.2) is 16.8 Å². The fraction of sp³-hybridized carbons (Fsp3) is 0. The van der Waals surface area contributed by atoms with Crippen molar-refractivity contribution in [1.29, 1.82) is 0 Å². The van der Waals surface area contributed by atoms with Gasteiger partial charge in [-0.3, -0.25) is 0 Å². The van der Waals surface area contributed by atoms with Crippen LogP contribution in [-0.4, -0.2) is 16.8 Å². The van der Waals surface area contributed by atoms with E-state index in [2.05, 4.69) is 31.9 Å². The van der Waals surface area contributed by atoms with Gasteiger partial charge in [0, 0.05) is 19.8 Å². The van der Waals surface area contributed by atoms with Crippen LogP contribution in [0.2, 0.25) is 0 Å². The fourth-order valence-corrected chi connectivity index (χ4v) is 4.64. The first-order valence-corrected chi connectivity index (χ1v) is 11.5. The van der Waals surface area contributed by atoms with Crippen LogP contribution in [0.4, 0.5) is 0 Å². The van der Waals surface area contributed by atoms with Crippen LogP contribution in [0.25, 0.3) is 12.2 Å². The number of benzene rings is 2. The van der Waals surface area contributed by atoms with E-state index in [1.165, 1.54) is 12.2 Å². The van der Waals surface area contributed by atoms with Crippen molar-refractivity contribution in [2.24, 2.45) is 0 Å². The zero-order valence-corrected chi connectivity index (χ0v) is 17.4. The summed E-state index contributed by atoms with van der Waals surface area (Å²) in [6, 6.07) is 13.8. The lowest BCUT2D eigenvalue weighted by Crippen LogP contribution is -2.26. The van der Waals surface area contributed by atoms with Gasteiger partial charge < -0.3 is 0 Å². The Morgan fingerprint density at radius 1 is 0.640 bits per heavy atom. The molecule has 0 amide bonds. The summed E-state index contributed by atoms with van der Waals surface area (Å²) in [6.07, 6.45) is 2.62. The molecule has 0 unspecified atom stereocenters. The van der Waals surface area contributed by atoms with Crippen molar-refractivity contribution in [2.75, 3.05) is 0 Å². The molecule has 0 aliphatic rings. The molecule has 132 valence electrons. The molecule has 0 saturated carbocycles. The molecule has 0 heterocycles. The highest BCUT2D eigenvalue weighted by Gasteiger charge is 2.15. The Kier molecular flexibility index (Phi) is 6.75. The molecule has 0 fully saturated rings. The summed E-state index contributed by atoms with van der Waals surface area (Å²) in [5.74, 6) is 0. The van der Waals surface area contributed by atoms with E-state index in [-0.39, 0.29) is 0 Å². The second-order valence-electron chi connectivity index (χ2n) is 4.88. The van der Waals surface area contributed by atoms with Crippen molar-refractivity contribution >= 4 is 64.1 Å². The topological polar surface area (TPSA) is 80.3 Å². The largest absolute Gasteiger partial charge is 0.246 e. The van der Waals surface area contributed by atoms with Gasteiger partial charge >= 0.3 is 0 Å². The molecule has 9 heteroatoms. The maximum atomic E-state index is 11.9. The lowest BCUT2D eigenvalue weighted by molar-refractivity contribution is 0.587. The van der Waals surface area contributed by atoms with E-state index in [1.54, 1.807) is 52.7 Å². The van der Waals surface area contributed by atoms with Crippen molar-refractivity contribution in [3.63, 3.8) is 0 Å². The molecule has 0 bridgehead atoms. The minimum absolute atomic E-state index is 0.622. The van der Waals surface area contributed by atoms with Crippen LogP contribution in [0.15, 0.2) is 68.3 Å². The van der Waals surface area contributed by atoms with Gasteiger partial charge in [0.15, 0.2) is 0 Å². The van der Waals surface area contributed by atoms with Crippen molar-refractivity contribution in [1.82, 2.24) is 4.13 Å². The molecule has 0 saturated heterocycles. The van der Waals surface area contributed by atoms with Crippen LogP contribution in [-0.2, 0) is 20.0 Å². The monoisotopic (exact) mass is 505 g/mol. The summed E-state index contributed by atoms with van der Waals surface area (Å²) in [4.78, 5) is 0. The molecule has 2 aromatic carbocycles. The zero-order chi connectivity index (χ0) is 18.5. The van der Waals surface area contributed by atoms with Crippen LogP contribution in [0.1, 0.15) is 11.1 Å². The lowest BCUT2D eigenvalue weighted by Gasteiger charge is -2.01. The van der Waals surface area contributed by atoms with E-state index in [9.17, 15) is 16.8 Å². The number of nitrogens with one attached hydrogen (secondary N) is 1. The quantitative estimate of drug-likeness (QED) is 0.639. The summed E-state index contributed by atoms with van der Waals surface area (Å²) in [5, 5.41) is 1.61. The molecular formula is C16H13Br2NO4S2. The smallest absolute Gasteiger partial charge is 0.207 e. The molecule has 25 heavy (non-hydrogen) atoms. The van der Waals surface area contributed by atoms with E-state index >= 15 is 0 Å². The average molecular weight is 507 g/mol. The number of sulfonamides is 2. The van der Waals surface area contributed by atoms with Gasteiger partial charge in [0.05, 0.1) is 0 Å². The number of hydrogen-bond acceptors (Lipinski definition) is 4. The third-order valence-corrected chi connectivity index (χ3v) is 6.76. The van der Waals surface area contributed by atoms with Crippen molar-refractivity contribution < 1.29 is 16.8 Å². The van der Waals surface area contributed by atoms with Crippen LogP contribution < -0.4 is 4.13 Å². The normalized spacial score (nSPS) is 12.9. The van der Waals surface area contributed by atoms with Gasteiger partial charge in [0.2, 0.25) is 20.0 Å². The highest BCUT2D eigenvalue weighted by atomic mass is 79.9. The summed E-state index contributed by atoms with van der Waals surface area (Å²) >= 11 is 6.54. The Balaban J connectivity index is 2.09. The first-order chi connectivity index (χ1) is 11.7. The molecule has 0 aromatic heterocycles. The lowest BCUT2D eigenvalue weighted by atomic mass is 10.2. The maximum absolute atomic E-state index is 11.9. The Labute approximate surface area is 163 Å². The Hall–Kier alpha value is -1.26. The van der Waals surface area contributed by atoms with Crippen molar-refractivity contribution in [3.05, 3.63) is 79.4 Å². The highest BCUT2D eigenvalue weighted by molar-refractivity contribution is 9.10. The Morgan fingerprint density at radius 3 is 1.28 bits per heavy atom. The third kappa shape index (κ3) is 7.25. The minimum atomic E-state index is -4.15. The van der Waals surface area contributed by atoms with Gasteiger partial charge in [-0.15, -0.1) is 4.13 Å². The summed E-state index contributed by atoms with van der Waals surface area (Å²) in [6.45, 7) is 0. The molecule has 0 aliphatic heterocycles. The van der Waals surface area contributed by atoms with Crippen LogP contribution >= 0.6 is 31.9 Å². The van der Waals surface area contributed by atoms with E-state index in [0.717, 1.165) is 19.8 Å². The molecule has 0 spiro atoms. The zero-order valence-electron chi connectivity index (χ0n) is 12.6. The van der Waals surface area contributed by atoms with Gasteiger partial charge in [0.1, 0.15) is 0 Å². The number of hydrogen-bond donors (Lipinski definition) is 1. The summed E-state index contributed by atoms with van der Waals surface area (Å²) in [7, 11) is -8.30. The minimum Gasteiger partial charge on any atom is -0.207 e. The highest BCUT2D eigenvalue weighted by Crippen LogP contribution is 2.13. The Bertz CT molecular complexity index is 912. The first-order valence-electron chi connectivity index (χ1n) is 6.81. The molecule has 1 N–H and O–H groups in total. The molecular weight excluding hydrogens is 494 g/mol. The van der Waals surface area contributed by atoms with E-state index in [0.29, 0.717) is 11.1 Å². The van der Waals surface area contributed by atoms with Crippen LogP contribution in [0.3, 0.4) is 0 Å². The summed E-state index contributed by atoms with van der Waals surface area (Å²) in [5.41, 5.74) is 1.24. The van der Waals surface area contributed by atoms with Gasteiger partial charge in [-0.2, -0.15) is 0 Å². The van der Waals surface area contributed by atoms with Gasteiger partial charge in [0.25, 0.3) is 0 Å². The fourth-order valence-electron chi connectivity index (χ4n) is 1.70. The molecule has 2 rings (SSSR count). The summed E-state index contributed by atoms with van der Waals surface area (Å²) < 4.78 is 51.0. The van der Waals surface area contributed by atoms with Crippen molar-refractivity contribution in [2.45, 2.75) is 0 Å².